The fourth-order valence-electron chi connectivity index (χ4n) is 3.53. The van der Waals surface area contributed by atoms with E-state index in [1.165, 1.54) is 16.7 Å². The van der Waals surface area contributed by atoms with Gasteiger partial charge in [-0.05, 0) is 61.7 Å². The van der Waals surface area contributed by atoms with E-state index in [1.807, 2.05) is 0 Å². The maximum absolute atomic E-state index is 13.4. The number of pyridine rings is 1. The second kappa shape index (κ2) is 6.51. The van der Waals surface area contributed by atoms with Gasteiger partial charge in [0.2, 0.25) is 5.91 Å². The van der Waals surface area contributed by atoms with Gasteiger partial charge >= 0.3 is 0 Å². The molecule has 146 valence electrons. The third kappa shape index (κ3) is 3.06. The van der Waals surface area contributed by atoms with Crippen molar-refractivity contribution in [2.24, 2.45) is 0 Å². The lowest BCUT2D eigenvalue weighted by Gasteiger charge is -2.12. The van der Waals surface area contributed by atoms with Crippen LogP contribution in [-0.4, -0.2) is 25.1 Å². The molecule has 3 aromatic heterocycles. The van der Waals surface area contributed by atoms with Gasteiger partial charge in [-0.2, -0.15) is 5.10 Å². The number of aryl methyl sites for hydroxylation is 1. The minimum Gasteiger partial charge on any atom is -0.325 e. The van der Waals surface area contributed by atoms with E-state index in [4.69, 9.17) is 0 Å². The van der Waals surface area contributed by atoms with Gasteiger partial charge in [0.25, 0.3) is 5.56 Å². The van der Waals surface area contributed by atoms with Crippen LogP contribution in [0.4, 0.5) is 10.1 Å². The van der Waals surface area contributed by atoms with Crippen molar-refractivity contribution in [3.63, 3.8) is 0 Å². The quantitative estimate of drug-likeness (QED) is 0.580. The van der Waals surface area contributed by atoms with Gasteiger partial charge in [-0.25, -0.2) is 13.9 Å². The topological polar surface area (TPSA) is 81.3 Å². The summed E-state index contributed by atoms with van der Waals surface area (Å²) in [6.07, 6.45) is 3.78. The van der Waals surface area contributed by atoms with E-state index in [9.17, 15) is 14.0 Å². The number of carbonyl (C=O) groups is 1. The number of nitrogens with one attached hydrogen (secondary N) is 1. The Kier molecular flexibility index (Phi) is 3.94. The van der Waals surface area contributed by atoms with Crippen LogP contribution in [0.2, 0.25) is 0 Å². The van der Waals surface area contributed by atoms with E-state index in [-0.39, 0.29) is 23.8 Å². The number of amides is 1. The normalized spacial score (nSPS) is 13.9. The molecule has 1 aliphatic rings. The van der Waals surface area contributed by atoms with Crippen molar-refractivity contribution in [1.29, 1.82) is 0 Å². The number of hydrogen-bond acceptors (Lipinski definition) is 4. The molecule has 0 atom stereocenters. The number of nitrogens with zero attached hydrogens (tertiary/aromatic N) is 4. The van der Waals surface area contributed by atoms with Crippen molar-refractivity contribution in [1.82, 2.24) is 19.2 Å². The Morgan fingerprint density at radius 3 is 2.83 bits per heavy atom. The van der Waals surface area contributed by atoms with E-state index >= 15 is 0 Å². The fraction of sp³-hybridized carbons (Fsp3) is 0.238. The van der Waals surface area contributed by atoms with Gasteiger partial charge in [-0.1, -0.05) is 0 Å². The Morgan fingerprint density at radius 2 is 2.07 bits per heavy atom. The van der Waals surface area contributed by atoms with E-state index in [2.05, 4.69) is 15.4 Å². The number of carbonyl (C=O) groups excluding carboxylic acids is 1. The van der Waals surface area contributed by atoms with E-state index in [1.54, 1.807) is 41.9 Å². The second-order valence-electron chi connectivity index (χ2n) is 7.39. The maximum Gasteiger partial charge on any atom is 0.277 e. The molecule has 8 heteroatoms. The van der Waals surface area contributed by atoms with Gasteiger partial charge in [-0.3, -0.25) is 14.2 Å². The summed E-state index contributed by atoms with van der Waals surface area (Å²) in [6.45, 7) is 1.44. The van der Waals surface area contributed by atoms with Crippen molar-refractivity contribution in [3.05, 3.63) is 70.0 Å². The van der Waals surface area contributed by atoms with Crippen LogP contribution < -0.4 is 10.9 Å². The van der Waals surface area contributed by atoms with Gasteiger partial charge in [0.1, 0.15) is 17.9 Å². The standard InChI is InChI=1S/C21H18FN5O2/c1-12-9-14(6-7-15(12)22)24-19(28)11-26-17-3-2-8-23-20(17)27-18(21(26)29)10-16(25-27)13-4-5-13/h2-3,6-10,13H,4-5,11H2,1H3,(H,24,28). The first-order valence-electron chi connectivity index (χ1n) is 9.44. The summed E-state index contributed by atoms with van der Waals surface area (Å²) in [7, 11) is 0. The molecule has 1 fully saturated rings. The molecule has 29 heavy (non-hydrogen) atoms. The molecule has 5 rings (SSSR count). The van der Waals surface area contributed by atoms with Crippen LogP contribution in [0.15, 0.2) is 47.4 Å². The summed E-state index contributed by atoms with van der Waals surface area (Å²) in [5.41, 5.74) is 2.96. The lowest BCUT2D eigenvalue weighted by atomic mass is 10.2. The predicted octanol–water partition coefficient (Wildman–Crippen LogP) is 3.01. The van der Waals surface area contributed by atoms with Gasteiger partial charge in [0.15, 0.2) is 5.65 Å². The first-order chi connectivity index (χ1) is 14.0. The van der Waals surface area contributed by atoms with Gasteiger partial charge in [-0.15, -0.1) is 0 Å². The van der Waals surface area contributed by atoms with E-state index < -0.39 is 0 Å². The molecule has 4 aromatic rings. The number of halogens is 1. The molecule has 1 aliphatic carbocycles. The van der Waals surface area contributed by atoms with Crippen LogP contribution in [-0.2, 0) is 11.3 Å². The Labute approximate surface area is 164 Å². The third-order valence-electron chi connectivity index (χ3n) is 5.19. The molecule has 3 heterocycles. The summed E-state index contributed by atoms with van der Waals surface area (Å²) in [4.78, 5) is 30.1. The molecule has 1 N–H and O–H groups in total. The Bertz CT molecular complexity index is 1340. The average Bonchev–Trinajstić information content (AvgIpc) is 3.46. The Morgan fingerprint density at radius 1 is 1.24 bits per heavy atom. The van der Waals surface area contributed by atoms with E-state index in [0.717, 1.165) is 18.5 Å². The van der Waals surface area contributed by atoms with Crippen molar-refractivity contribution in [2.75, 3.05) is 5.32 Å². The SMILES string of the molecule is Cc1cc(NC(=O)Cn2c(=O)c3cc(C4CC4)nn3c3ncccc32)ccc1F. The highest BCUT2D eigenvalue weighted by molar-refractivity contribution is 5.91. The number of anilines is 1. The third-order valence-corrected chi connectivity index (χ3v) is 5.19. The summed E-state index contributed by atoms with van der Waals surface area (Å²) < 4.78 is 16.4. The minimum absolute atomic E-state index is 0.183. The zero-order valence-electron chi connectivity index (χ0n) is 15.7. The van der Waals surface area contributed by atoms with Gasteiger partial charge in [0, 0.05) is 17.8 Å². The lowest BCUT2D eigenvalue weighted by molar-refractivity contribution is -0.116. The number of aromatic nitrogens is 4. The smallest absolute Gasteiger partial charge is 0.277 e. The Balaban J connectivity index is 1.56. The summed E-state index contributed by atoms with van der Waals surface area (Å²) in [6, 6.07) is 9.61. The van der Waals surface area contributed by atoms with Gasteiger partial charge < -0.3 is 5.32 Å². The molecular weight excluding hydrogens is 373 g/mol. The average molecular weight is 391 g/mol. The molecular formula is C21H18FN5O2. The van der Waals surface area contributed by atoms with Crippen LogP contribution in [0.3, 0.4) is 0 Å². The van der Waals surface area contributed by atoms with Crippen molar-refractivity contribution in [2.45, 2.75) is 32.2 Å². The van der Waals surface area contributed by atoms with Gasteiger partial charge in [0.05, 0.1) is 11.2 Å². The largest absolute Gasteiger partial charge is 0.325 e. The molecule has 7 nitrogen and oxygen atoms in total. The van der Waals surface area contributed by atoms with Crippen LogP contribution in [0, 0.1) is 12.7 Å². The van der Waals surface area contributed by atoms with Crippen LogP contribution in [0.1, 0.15) is 30.0 Å². The molecule has 0 bridgehead atoms. The minimum atomic E-state index is -0.380. The lowest BCUT2D eigenvalue weighted by Crippen LogP contribution is -2.29. The highest BCUT2D eigenvalue weighted by Gasteiger charge is 2.28. The highest BCUT2D eigenvalue weighted by Crippen LogP contribution is 2.39. The van der Waals surface area contributed by atoms with Crippen molar-refractivity contribution in [3.8, 4) is 0 Å². The zero-order valence-corrected chi connectivity index (χ0v) is 15.7. The molecule has 0 saturated heterocycles. The summed E-state index contributed by atoms with van der Waals surface area (Å²) in [5.74, 6) is -0.324. The molecule has 1 saturated carbocycles. The number of benzene rings is 1. The van der Waals surface area contributed by atoms with Crippen molar-refractivity contribution >= 4 is 28.3 Å². The molecule has 0 spiro atoms. The number of fused-ring (bicyclic) bond motifs is 3. The molecule has 0 radical (unpaired) electrons. The Hall–Kier alpha value is -3.55. The van der Waals surface area contributed by atoms with Crippen molar-refractivity contribution < 1.29 is 9.18 Å². The molecule has 1 aromatic carbocycles. The van der Waals surface area contributed by atoms with Crippen LogP contribution in [0.25, 0.3) is 16.7 Å². The monoisotopic (exact) mass is 391 g/mol. The fourth-order valence-corrected chi connectivity index (χ4v) is 3.53. The number of rotatable bonds is 4. The number of hydrogen-bond donors (Lipinski definition) is 1. The summed E-state index contributed by atoms with van der Waals surface area (Å²) in [5, 5.41) is 7.30. The van der Waals surface area contributed by atoms with Crippen LogP contribution in [0.5, 0.6) is 0 Å². The maximum atomic E-state index is 13.4. The van der Waals surface area contributed by atoms with Crippen LogP contribution >= 0.6 is 0 Å². The van der Waals surface area contributed by atoms with E-state index in [0.29, 0.717) is 33.8 Å². The summed E-state index contributed by atoms with van der Waals surface area (Å²) >= 11 is 0. The molecule has 1 amide bonds. The highest BCUT2D eigenvalue weighted by atomic mass is 19.1. The second-order valence-corrected chi connectivity index (χ2v) is 7.39. The molecule has 0 unspecified atom stereocenters. The molecule has 0 aliphatic heterocycles. The first-order valence-corrected chi connectivity index (χ1v) is 9.44. The first kappa shape index (κ1) is 17.5. The predicted molar refractivity (Wildman–Crippen MR) is 106 cm³/mol. The zero-order chi connectivity index (χ0) is 20.1.